The number of carbonyl (C=O) groups excluding carboxylic acids is 1. The highest BCUT2D eigenvalue weighted by molar-refractivity contribution is 5.94. The van der Waals surface area contributed by atoms with Gasteiger partial charge in [0.1, 0.15) is 0 Å². The first kappa shape index (κ1) is 16.6. The van der Waals surface area contributed by atoms with Crippen molar-refractivity contribution in [3.8, 4) is 0 Å². The summed E-state index contributed by atoms with van der Waals surface area (Å²) in [4.78, 5) is 22.5. The fourth-order valence-corrected chi connectivity index (χ4v) is 2.78. The van der Waals surface area contributed by atoms with Crippen LogP contribution in [0.15, 0.2) is 6.20 Å². The minimum Gasteiger partial charge on any atom is -0.383 e. The molecule has 22 heavy (non-hydrogen) atoms. The highest BCUT2D eigenvalue weighted by atomic mass is 16.5. The second-order valence-corrected chi connectivity index (χ2v) is 5.74. The van der Waals surface area contributed by atoms with Crippen molar-refractivity contribution in [3.05, 3.63) is 17.5 Å². The molecule has 1 aliphatic heterocycles. The number of methoxy groups -OCH3 is 1. The zero-order valence-corrected chi connectivity index (χ0v) is 13.3. The predicted molar refractivity (Wildman–Crippen MR) is 84.6 cm³/mol. The fourth-order valence-electron chi connectivity index (χ4n) is 2.78. The van der Waals surface area contributed by atoms with Crippen LogP contribution in [-0.2, 0) is 4.74 Å². The van der Waals surface area contributed by atoms with Crippen molar-refractivity contribution in [1.82, 2.24) is 20.2 Å². The quantitative estimate of drug-likeness (QED) is 0.793. The zero-order chi connectivity index (χ0) is 15.9. The van der Waals surface area contributed by atoms with Crippen molar-refractivity contribution in [1.29, 1.82) is 0 Å². The molecule has 0 radical (unpaired) electrons. The minimum atomic E-state index is -0.133. The Morgan fingerprint density at radius 3 is 3.14 bits per heavy atom. The molecule has 2 rings (SSSR count). The molecule has 1 aromatic heterocycles. The van der Waals surface area contributed by atoms with E-state index >= 15 is 0 Å². The van der Waals surface area contributed by atoms with E-state index in [1.54, 1.807) is 14.0 Å². The number of nitrogens with two attached hydrogens (primary N) is 1. The van der Waals surface area contributed by atoms with E-state index in [1.807, 2.05) is 0 Å². The molecular weight excluding hydrogens is 282 g/mol. The zero-order valence-electron chi connectivity index (χ0n) is 13.3. The molecule has 7 nitrogen and oxygen atoms in total. The Kier molecular flexibility index (Phi) is 6.09. The summed E-state index contributed by atoms with van der Waals surface area (Å²) in [5.74, 6) is 0.534. The van der Waals surface area contributed by atoms with Gasteiger partial charge in [0.25, 0.3) is 5.91 Å². The standard InChI is InChI=1S/C15H25N5O2/c1-11-13(9-18-15(16)19-11)14(21)17-8-12-4-3-5-20(10-12)6-7-22-2/h9,12H,3-8,10H2,1-2H3,(H,17,21)(H2,16,18,19)/t12-/m0/s1. The second-order valence-electron chi connectivity index (χ2n) is 5.74. The number of aryl methyl sites for hydroxylation is 1. The van der Waals surface area contributed by atoms with E-state index in [0.29, 0.717) is 23.7 Å². The van der Waals surface area contributed by atoms with E-state index in [2.05, 4.69) is 20.2 Å². The number of nitrogens with one attached hydrogen (secondary N) is 1. The van der Waals surface area contributed by atoms with Crippen molar-refractivity contribution >= 4 is 11.9 Å². The number of anilines is 1. The number of hydrogen-bond donors (Lipinski definition) is 2. The number of nitrogen functional groups attached to an aromatic ring is 1. The van der Waals surface area contributed by atoms with Gasteiger partial charge in [0.2, 0.25) is 5.95 Å². The smallest absolute Gasteiger partial charge is 0.254 e. The lowest BCUT2D eigenvalue weighted by Crippen LogP contribution is -2.42. The molecule has 0 aromatic carbocycles. The van der Waals surface area contributed by atoms with Crippen LogP contribution < -0.4 is 11.1 Å². The Labute approximate surface area is 131 Å². The molecule has 0 spiro atoms. The Bertz CT molecular complexity index is 509. The first-order chi connectivity index (χ1) is 10.6. The third-order valence-electron chi connectivity index (χ3n) is 4.01. The summed E-state index contributed by atoms with van der Waals surface area (Å²) in [5.41, 5.74) is 6.60. The molecule has 0 unspecified atom stereocenters. The van der Waals surface area contributed by atoms with E-state index in [9.17, 15) is 4.79 Å². The lowest BCUT2D eigenvalue weighted by atomic mass is 9.98. The van der Waals surface area contributed by atoms with E-state index in [1.165, 1.54) is 6.20 Å². The maximum atomic E-state index is 12.2. The molecule has 7 heteroatoms. The van der Waals surface area contributed by atoms with Crippen LogP contribution in [-0.4, -0.2) is 60.7 Å². The van der Waals surface area contributed by atoms with Gasteiger partial charge in [0, 0.05) is 32.9 Å². The lowest BCUT2D eigenvalue weighted by molar-refractivity contribution is 0.0912. The SMILES string of the molecule is COCCN1CCC[C@@H](CNC(=O)c2cnc(N)nc2C)C1. The number of rotatable bonds is 6. The molecule has 1 aliphatic rings. The molecular formula is C15H25N5O2. The maximum Gasteiger partial charge on any atom is 0.254 e. The summed E-state index contributed by atoms with van der Waals surface area (Å²) < 4.78 is 5.12. The van der Waals surface area contributed by atoms with Crippen LogP contribution >= 0.6 is 0 Å². The Morgan fingerprint density at radius 2 is 2.41 bits per heavy atom. The molecule has 1 aromatic rings. The Hall–Kier alpha value is -1.73. The second kappa shape index (κ2) is 8.05. The first-order valence-electron chi connectivity index (χ1n) is 7.68. The molecule has 1 saturated heterocycles. The van der Waals surface area contributed by atoms with Crippen LogP contribution in [0.25, 0.3) is 0 Å². The van der Waals surface area contributed by atoms with Gasteiger partial charge in [-0.2, -0.15) is 0 Å². The number of hydrogen-bond acceptors (Lipinski definition) is 6. The van der Waals surface area contributed by atoms with Crippen molar-refractivity contribution in [3.63, 3.8) is 0 Å². The van der Waals surface area contributed by atoms with Crippen LogP contribution in [0.2, 0.25) is 0 Å². The fraction of sp³-hybridized carbons (Fsp3) is 0.667. The highest BCUT2D eigenvalue weighted by Gasteiger charge is 2.20. The van der Waals surface area contributed by atoms with Gasteiger partial charge in [-0.15, -0.1) is 0 Å². The third kappa shape index (κ3) is 4.64. The molecule has 122 valence electrons. The summed E-state index contributed by atoms with van der Waals surface area (Å²) in [6.45, 7) is 6.25. The predicted octanol–water partition coefficient (Wildman–Crippen LogP) is 0.455. The topological polar surface area (TPSA) is 93.4 Å². The van der Waals surface area contributed by atoms with Crippen molar-refractivity contribution in [2.24, 2.45) is 5.92 Å². The normalized spacial score (nSPS) is 19.1. The van der Waals surface area contributed by atoms with E-state index in [0.717, 1.165) is 39.1 Å². The number of aromatic nitrogens is 2. The summed E-state index contributed by atoms with van der Waals surface area (Å²) in [5, 5.41) is 2.99. The van der Waals surface area contributed by atoms with Crippen LogP contribution in [0.1, 0.15) is 28.9 Å². The average Bonchev–Trinajstić information content (AvgIpc) is 2.51. The molecule has 2 heterocycles. The van der Waals surface area contributed by atoms with E-state index < -0.39 is 0 Å². The summed E-state index contributed by atoms with van der Waals surface area (Å²) >= 11 is 0. The molecule has 1 amide bonds. The van der Waals surface area contributed by atoms with E-state index in [-0.39, 0.29) is 11.9 Å². The molecule has 0 bridgehead atoms. The van der Waals surface area contributed by atoms with E-state index in [4.69, 9.17) is 10.5 Å². The Morgan fingerprint density at radius 1 is 1.59 bits per heavy atom. The molecule has 0 saturated carbocycles. The van der Waals surface area contributed by atoms with Crippen molar-refractivity contribution in [2.45, 2.75) is 19.8 Å². The van der Waals surface area contributed by atoms with Gasteiger partial charge >= 0.3 is 0 Å². The average molecular weight is 307 g/mol. The summed E-state index contributed by atoms with van der Waals surface area (Å²) in [6, 6.07) is 0. The van der Waals surface area contributed by atoms with Crippen molar-refractivity contribution < 1.29 is 9.53 Å². The third-order valence-corrected chi connectivity index (χ3v) is 4.01. The van der Waals surface area contributed by atoms with Gasteiger partial charge < -0.3 is 20.7 Å². The molecule has 0 aliphatic carbocycles. The molecule has 3 N–H and O–H groups in total. The highest BCUT2D eigenvalue weighted by Crippen LogP contribution is 2.15. The van der Waals surface area contributed by atoms with Crippen LogP contribution in [0.5, 0.6) is 0 Å². The number of piperidine rings is 1. The van der Waals surface area contributed by atoms with Gasteiger partial charge in [-0.3, -0.25) is 4.79 Å². The number of likely N-dealkylation sites (tertiary alicyclic amines) is 1. The first-order valence-corrected chi connectivity index (χ1v) is 7.68. The summed E-state index contributed by atoms with van der Waals surface area (Å²) in [7, 11) is 1.72. The number of nitrogens with zero attached hydrogens (tertiary/aromatic N) is 3. The monoisotopic (exact) mass is 307 g/mol. The van der Waals surface area contributed by atoms with Gasteiger partial charge in [-0.05, 0) is 32.2 Å². The number of ether oxygens (including phenoxy) is 1. The largest absolute Gasteiger partial charge is 0.383 e. The van der Waals surface area contributed by atoms with Crippen molar-refractivity contribution in [2.75, 3.05) is 45.6 Å². The minimum absolute atomic E-state index is 0.133. The van der Waals surface area contributed by atoms with Crippen LogP contribution in [0.3, 0.4) is 0 Å². The van der Waals surface area contributed by atoms with Gasteiger partial charge in [0.05, 0.1) is 17.9 Å². The lowest BCUT2D eigenvalue weighted by Gasteiger charge is -2.32. The molecule has 1 fully saturated rings. The number of carbonyl (C=O) groups is 1. The number of amides is 1. The Balaban J connectivity index is 1.82. The van der Waals surface area contributed by atoms with Gasteiger partial charge in [-0.25, -0.2) is 9.97 Å². The van der Waals surface area contributed by atoms with Crippen LogP contribution in [0, 0.1) is 12.8 Å². The van der Waals surface area contributed by atoms with Gasteiger partial charge in [0.15, 0.2) is 0 Å². The van der Waals surface area contributed by atoms with Crippen LogP contribution in [0.4, 0.5) is 5.95 Å². The molecule has 1 atom stereocenters. The maximum absolute atomic E-state index is 12.2. The van der Waals surface area contributed by atoms with Gasteiger partial charge in [-0.1, -0.05) is 0 Å². The summed E-state index contributed by atoms with van der Waals surface area (Å²) in [6.07, 6.45) is 3.79.